The zero-order valence-corrected chi connectivity index (χ0v) is 15.0. The quantitative estimate of drug-likeness (QED) is 0.574. The number of halogens is 1. The second kappa shape index (κ2) is 8.12. The summed E-state index contributed by atoms with van der Waals surface area (Å²) in [4.78, 5) is 2.36. The molecule has 0 spiro atoms. The van der Waals surface area contributed by atoms with Crippen molar-refractivity contribution in [1.82, 2.24) is 4.83 Å². The predicted molar refractivity (Wildman–Crippen MR) is 94.3 cm³/mol. The molecule has 0 aliphatic carbocycles. The van der Waals surface area contributed by atoms with Crippen molar-refractivity contribution in [3.8, 4) is 5.75 Å². The van der Waals surface area contributed by atoms with E-state index in [0.717, 1.165) is 22.2 Å². The molecule has 0 saturated heterocycles. The van der Waals surface area contributed by atoms with Gasteiger partial charge in [-0.3, -0.25) is 0 Å². The maximum absolute atomic E-state index is 12.0. The van der Waals surface area contributed by atoms with Crippen molar-refractivity contribution in [2.24, 2.45) is 5.10 Å². The minimum Gasteiger partial charge on any atom is -0.492 e. The SMILES string of the molecule is CCCOc1ccc(/C=N/NS(=O)(=O)c2ccccc2)cc1Br. The van der Waals surface area contributed by atoms with Gasteiger partial charge in [-0.15, -0.1) is 0 Å². The summed E-state index contributed by atoms with van der Waals surface area (Å²) >= 11 is 3.42. The van der Waals surface area contributed by atoms with Gasteiger partial charge in [0.1, 0.15) is 5.75 Å². The summed E-state index contributed by atoms with van der Waals surface area (Å²) in [6, 6.07) is 13.5. The van der Waals surface area contributed by atoms with E-state index >= 15 is 0 Å². The van der Waals surface area contributed by atoms with Crippen LogP contribution in [-0.2, 0) is 10.0 Å². The fourth-order valence-electron chi connectivity index (χ4n) is 1.75. The summed E-state index contributed by atoms with van der Waals surface area (Å²) in [6.45, 7) is 2.68. The maximum atomic E-state index is 12.0. The fourth-order valence-corrected chi connectivity index (χ4v) is 3.07. The highest BCUT2D eigenvalue weighted by Crippen LogP contribution is 2.25. The molecule has 0 saturated carbocycles. The molecule has 7 heteroatoms. The molecule has 0 bridgehead atoms. The predicted octanol–water partition coefficient (Wildman–Crippen LogP) is 3.55. The zero-order chi connectivity index (χ0) is 16.7. The first-order valence-electron chi connectivity index (χ1n) is 7.05. The van der Waals surface area contributed by atoms with E-state index in [1.54, 1.807) is 24.3 Å². The molecule has 5 nitrogen and oxygen atoms in total. The summed E-state index contributed by atoms with van der Waals surface area (Å²) in [5, 5.41) is 3.80. The number of rotatable bonds is 7. The lowest BCUT2D eigenvalue weighted by Gasteiger charge is -2.07. The van der Waals surface area contributed by atoms with Crippen molar-refractivity contribution in [2.75, 3.05) is 6.61 Å². The highest BCUT2D eigenvalue weighted by molar-refractivity contribution is 9.10. The second-order valence-corrected chi connectivity index (χ2v) is 7.22. The molecule has 0 aliphatic rings. The van der Waals surface area contributed by atoms with E-state index in [1.807, 2.05) is 19.1 Å². The topological polar surface area (TPSA) is 67.8 Å². The van der Waals surface area contributed by atoms with Crippen LogP contribution < -0.4 is 9.57 Å². The van der Waals surface area contributed by atoms with Crippen LogP contribution in [0.25, 0.3) is 0 Å². The highest BCUT2D eigenvalue weighted by Gasteiger charge is 2.11. The number of hydrogen-bond donors (Lipinski definition) is 1. The third kappa shape index (κ3) is 5.07. The van der Waals surface area contributed by atoms with Crippen molar-refractivity contribution in [3.05, 3.63) is 58.6 Å². The third-order valence-corrected chi connectivity index (χ3v) is 4.72. The van der Waals surface area contributed by atoms with E-state index in [2.05, 4.69) is 25.9 Å². The van der Waals surface area contributed by atoms with Gasteiger partial charge in [0.15, 0.2) is 0 Å². The second-order valence-electron chi connectivity index (χ2n) is 4.70. The Balaban J connectivity index is 2.05. The molecule has 1 N–H and O–H groups in total. The van der Waals surface area contributed by atoms with Crippen molar-refractivity contribution >= 4 is 32.2 Å². The molecule has 2 aromatic carbocycles. The molecule has 0 radical (unpaired) electrons. The summed E-state index contributed by atoms with van der Waals surface area (Å²) in [6.07, 6.45) is 2.37. The average Bonchev–Trinajstić information content (AvgIpc) is 2.55. The standard InChI is InChI=1S/C16H17BrN2O3S/c1-2-10-22-16-9-8-13(11-15(16)17)12-18-19-23(20,21)14-6-4-3-5-7-14/h3-9,11-12,19H,2,10H2,1H3/b18-12+. The van der Waals surface area contributed by atoms with Crippen LogP contribution in [0.1, 0.15) is 18.9 Å². The minimum absolute atomic E-state index is 0.168. The van der Waals surface area contributed by atoms with Gasteiger partial charge < -0.3 is 4.74 Å². The molecule has 0 unspecified atom stereocenters. The van der Waals surface area contributed by atoms with Crippen LogP contribution in [0.15, 0.2) is 63.0 Å². The zero-order valence-electron chi connectivity index (χ0n) is 12.6. The minimum atomic E-state index is -3.65. The molecule has 2 rings (SSSR count). The third-order valence-electron chi connectivity index (χ3n) is 2.86. The first kappa shape index (κ1) is 17.5. The average molecular weight is 397 g/mol. The van der Waals surface area contributed by atoms with E-state index in [4.69, 9.17) is 4.74 Å². The van der Waals surface area contributed by atoms with E-state index in [9.17, 15) is 8.42 Å². The van der Waals surface area contributed by atoms with Gasteiger partial charge in [0.05, 0.1) is 22.2 Å². The van der Waals surface area contributed by atoms with Crippen LogP contribution in [0.3, 0.4) is 0 Å². The number of hydrazone groups is 1. The Hall–Kier alpha value is -1.86. The lowest BCUT2D eigenvalue weighted by molar-refractivity contribution is 0.315. The van der Waals surface area contributed by atoms with E-state index in [-0.39, 0.29) is 4.90 Å². The molecule has 0 atom stereocenters. The van der Waals surface area contributed by atoms with Crippen molar-refractivity contribution in [2.45, 2.75) is 18.2 Å². The molecule has 0 amide bonds. The number of ether oxygens (including phenoxy) is 1. The normalized spacial score (nSPS) is 11.6. The Morgan fingerprint density at radius 3 is 2.61 bits per heavy atom. The van der Waals surface area contributed by atoms with Crippen molar-refractivity contribution in [1.29, 1.82) is 0 Å². The van der Waals surface area contributed by atoms with E-state index < -0.39 is 10.0 Å². The number of hydrogen-bond acceptors (Lipinski definition) is 4. The first-order chi connectivity index (χ1) is 11.0. The largest absolute Gasteiger partial charge is 0.492 e. The van der Waals surface area contributed by atoms with Gasteiger partial charge in [-0.05, 0) is 58.2 Å². The molecule has 122 valence electrons. The summed E-state index contributed by atoms with van der Waals surface area (Å²) in [5.41, 5.74) is 0.747. The van der Waals surface area contributed by atoms with Gasteiger partial charge in [0, 0.05) is 0 Å². The van der Waals surface area contributed by atoms with Crippen LogP contribution in [0.5, 0.6) is 5.75 Å². The van der Waals surface area contributed by atoms with Crippen molar-refractivity contribution < 1.29 is 13.2 Å². The Kier molecular flexibility index (Phi) is 6.18. The van der Waals surface area contributed by atoms with Gasteiger partial charge >= 0.3 is 0 Å². The highest BCUT2D eigenvalue weighted by atomic mass is 79.9. The summed E-state index contributed by atoms with van der Waals surface area (Å²) in [7, 11) is -3.65. The summed E-state index contributed by atoms with van der Waals surface area (Å²) < 4.78 is 30.4. The van der Waals surface area contributed by atoms with Crippen LogP contribution in [0.2, 0.25) is 0 Å². The number of sulfonamides is 1. The molecule has 23 heavy (non-hydrogen) atoms. The molecular weight excluding hydrogens is 380 g/mol. The lowest BCUT2D eigenvalue weighted by atomic mass is 10.2. The van der Waals surface area contributed by atoms with Gasteiger partial charge in [-0.25, -0.2) is 4.83 Å². The van der Waals surface area contributed by atoms with Crippen LogP contribution >= 0.6 is 15.9 Å². The number of nitrogens with zero attached hydrogens (tertiary/aromatic N) is 1. The molecular formula is C16H17BrN2O3S. The number of nitrogens with one attached hydrogen (secondary N) is 1. The van der Waals surface area contributed by atoms with E-state index in [1.165, 1.54) is 18.3 Å². The lowest BCUT2D eigenvalue weighted by Crippen LogP contribution is -2.18. The smallest absolute Gasteiger partial charge is 0.276 e. The monoisotopic (exact) mass is 396 g/mol. The van der Waals surface area contributed by atoms with Crippen LogP contribution in [0, 0.1) is 0 Å². The van der Waals surface area contributed by atoms with Crippen LogP contribution in [-0.4, -0.2) is 21.2 Å². The van der Waals surface area contributed by atoms with Crippen molar-refractivity contribution in [3.63, 3.8) is 0 Å². The Morgan fingerprint density at radius 2 is 1.96 bits per heavy atom. The molecule has 0 heterocycles. The Morgan fingerprint density at radius 1 is 1.22 bits per heavy atom. The molecule has 0 fully saturated rings. The van der Waals surface area contributed by atoms with E-state index in [0.29, 0.717) is 6.61 Å². The fraction of sp³-hybridized carbons (Fsp3) is 0.188. The summed E-state index contributed by atoms with van der Waals surface area (Å²) in [5.74, 6) is 0.744. The Bertz CT molecular complexity index is 777. The molecule has 0 aromatic heterocycles. The van der Waals surface area contributed by atoms with Gasteiger partial charge in [-0.2, -0.15) is 13.5 Å². The molecule has 0 aliphatic heterocycles. The maximum Gasteiger partial charge on any atom is 0.276 e. The molecule has 2 aromatic rings. The first-order valence-corrected chi connectivity index (χ1v) is 9.33. The van der Waals surface area contributed by atoms with Gasteiger partial charge in [0.25, 0.3) is 10.0 Å². The number of benzene rings is 2. The van der Waals surface area contributed by atoms with Gasteiger partial charge in [-0.1, -0.05) is 25.1 Å². The Labute approximate surface area is 144 Å². The van der Waals surface area contributed by atoms with Crippen LogP contribution in [0.4, 0.5) is 0 Å². The van der Waals surface area contributed by atoms with Gasteiger partial charge in [0.2, 0.25) is 0 Å².